The maximum Gasteiger partial charge on any atom is 0.0594 e. The Morgan fingerprint density at radius 3 is 2.50 bits per heavy atom. The second kappa shape index (κ2) is 8.86. The van der Waals surface area contributed by atoms with Crippen LogP contribution in [0.5, 0.6) is 0 Å². The normalized spacial score (nSPS) is 20.8. The Balaban J connectivity index is 2.61. The van der Waals surface area contributed by atoms with E-state index in [1.165, 1.54) is 12.8 Å². The van der Waals surface area contributed by atoms with Crippen LogP contribution in [0.25, 0.3) is 0 Å². The third-order valence-corrected chi connectivity index (χ3v) is 4.13. The standard InChI is InChI=1S/C14H30N2O2/c1-4-14(7-11-17-3,6-8-15-5-2)16-9-12-18-13-10-16/h15H,4-13H2,1-3H3. The molecule has 1 aliphatic rings. The van der Waals surface area contributed by atoms with E-state index in [1.54, 1.807) is 7.11 Å². The smallest absolute Gasteiger partial charge is 0.0594 e. The van der Waals surface area contributed by atoms with Crippen LogP contribution in [0.4, 0.5) is 0 Å². The van der Waals surface area contributed by atoms with Crippen molar-refractivity contribution in [1.29, 1.82) is 0 Å². The van der Waals surface area contributed by atoms with Gasteiger partial charge in [0, 0.05) is 32.3 Å². The first-order chi connectivity index (χ1) is 8.79. The molecule has 1 atom stereocenters. The monoisotopic (exact) mass is 258 g/mol. The molecule has 0 aromatic carbocycles. The minimum Gasteiger partial charge on any atom is -0.385 e. The average Bonchev–Trinajstić information content (AvgIpc) is 2.44. The lowest BCUT2D eigenvalue weighted by Gasteiger charge is -2.45. The maximum absolute atomic E-state index is 5.48. The van der Waals surface area contributed by atoms with Gasteiger partial charge in [-0.3, -0.25) is 4.90 Å². The van der Waals surface area contributed by atoms with Crippen molar-refractivity contribution in [1.82, 2.24) is 10.2 Å². The van der Waals surface area contributed by atoms with Crippen LogP contribution in [0.3, 0.4) is 0 Å². The lowest BCUT2D eigenvalue weighted by Crippen LogP contribution is -2.54. The maximum atomic E-state index is 5.48. The van der Waals surface area contributed by atoms with E-state index in [1.807, 2.05) is 0 Å². The summed E-state index contributed by atoms with van der Waals surface area (Å²) in [5.74, 6) is 0. The zero-order valence-electron chi connectivity index (χ0n) is 12.3. The summed E-state index contributed by atoms with van der Waals surface area (Å²) in [7, 11) is 1.80. The van der Waals surface area contributed by atoms with E-state index in [9.17, 15) is 0 Å². The number of hydrogen-bond acceptors (Lipinski definition) is 4. The fraction of sp³-hybridized carbons (Fsp3) is 1.00. The highest BCUT2D eigenvalue weighted by Crippen LogP contribution is 2.28. The Hall–Kier alpha value is -0.160. The Kier molecular flexibility index (Phi) is 7.82. The molecule has 1 saturated heterocycles. The van der Waals surface area contributed by atoms with E-state index >= 15 is 0 Å². The molecule has 1 fully saturated rings. The van der Waals surface area contributed by atoms with Crippen LogP contribution in [-0.4, -0.2) is 63.5 Å². The summed E-state index contributed by atoms with van der Waals surface area (Å²) >= 11 is 0. The SMILES string of the molecule is CCNCCC(CC)(CCOC)N1CCOCC1. The number of nitrogens with one attached hydrogen (secondary N) is 1. The topological polar surface area (TPSA) is 33.7 Å². The highest BCUT2D eigenvalue weighted by Gasteiger charge is 2.35. The Bertz CT molecular complexity index is 208. The summed E-state index contributed by atoms with van der Waals surface area (Å²) in [5.41, 5.74) is 0.280. The zero-order valence-corrected chi connectivity index (χ0v) is 12.3. The lowest BCUT2D eigenvalue weighted by atomic mass is 9.86. The number of ether oxygens (including phenoxy) is 2. The average molecular weight is 258 g/mol. The highest BCUT2D eigenvalue weighted by atomic mass is 16.5. The second-order valence-corrected chi connectivity index (χ2v) is 5.02. The van der Waals surface area contributed by atoms with Gasteiger partial charge in [-0.1, -0.05) is 13.8 Å². The number of nitrogens with zero attached hydrogens (tertiary/aromatic N) is 1. The molecule has 1 heterocycles. The van der Waals surface area contributed by atoms with Crippen LogP contribution in [0.1, 0.15) is 33.1 Å². The molecule has 0 bridgehead atoms. The van der Waals surface area contributed by atoms with Crippen molar-refractivity contribution in [2.75, 3.05) is 53.1 Å². The van der Waals surface area contributed by atoms with Crippen LogP contribution >= 0.6 is 0 Å². The van der Waals surface area contributed by atoms with Gasteiger partial charge < -0.3 is 14.8 Å². The van der Waals surface area contributed by atoms with E-state index in [0.717, 1.165) is 52.4 Å². The summed E-state index contributed by atoms with van der Waals surface area (Å²) in [6.45, 7) is 11.3. The number of methoxy groups -OCH3 is 1. The summed E-state index contributed by atoms with van der Waals surface area (Å²) < 4.78 is 10.8. The molecule has 4 nitrogen and oxygen atoms in total. The Morgan fingerprint density at radius 1 is 1.22 bits per heavy atom. The molecule has 0 aromatic rings. The predicted octanol–water partition coefficient (Wildman–Crippen LogP) is 1.50. The van der Waals surface area contributed by atoms with Crippen molar-refractivity contribution < 1.29 is 9.47 Å². The van der Waals surface area contributed by atoms with E-state index in [-0.39, 0.29) is 5.54 Å². The molecule has 4 heteroatoms. The van der Waals surface area contributed by atoms with Gasteiger partial charge >= 0.3 is 0 Å². The van der Waals surface area contributed by atoms with Gasteiger partial charge in [0.2, 0.25) is 0 Å². The zero-order chi connectivity index (χ0) is 13.3. The van der Waals surface area contributed by atoms with Crippen LogP contribution < -0.4 is 5.32 Å². The fourth-order valence-electron chi connectivity index (χ4n) is 2.85. The van der Waals surface area contributed by atoms with E-state index < -0.39 is 0 Å². The van der Waals surface area contributed by atoms with E-state index in [4.69, 9.17) is 9.47 Å². The van der Waals surface area contributed by atoms with Gasteiger partial charge in [0.1, 0.15) is 0 Å². The first kappa shape index (κ1) is 15.9. The molecule has 1 rings (SSSR count). The van der Waals surface area contributed by atoms with Gasteiger partial charge in [-0.2, -0.15) is 0 Å². The minimum atomic E-state index is 0.280. The molecule has 1 unspecified atom stereocenters. The van der Waals surface area contributed by atoms with Crippen LogP contribution in [-0.2, 0) is 9.47 Å². The summed E-state index contributed by atoms with van der Waals surface area (Å²) in [6, 6.07) is 0. The number of morpholine rings is 1. The molecular weight excluding hydrogens is 228 g/mol. The lowest BCUT2D eigenvalue weighted by molar-refractivity contribution is -0.0388. The minimum absolute atomic E-state index is 0.280. The van der Waals surface area contributed by atoms with Gasteiger partial charge in [0.15, 0.2) is 0 Å². The Labute approximate surface area is 112 Å². The summed E-state index contributed by atoms with van der Waals surface area (Å²) in [6.07, 6.45) is 3.49. The highest BCUT2D eigenvalue weighted by molar-refractivity contribution is 4.91. The van der Waals surface area contributed by atoms with E-state index in [0.29, 0.717) is 0 Å². The molecule has 0 amide bonds. The molecule has 0 aliphatic carbocycles. The predicted molar refractivity (Wildman–Crippen MR) is 75.1 cm³/mol. The van der Waals surface area contributed by atoms with Crippen molar-refractivity contribution >= 4 is 0 Å². The van der Waals surface area contributed by atoms with Crippen molar-refractivity contribution in [3.05, 3.63) is 0 Å². The summed E-state index contributed by atoms with van der Waals surface area (Å²) in [4.78, 5) is 2.62. The number of hydrogen-bond donors (Lipinski definition) is 1. The molecule has 0 saturated carbocycles. The van der Waals surface area contributed by atoms with Gasteiger partial charge in [0.05, 0.1) is 13.2 Å². The van der Waals surface area contributed by atoms with Crippen molar-refractivity contribution in [2.45, 2.75) is 38.6 Å². The van der Waals surface area contributed by atoms with E-state index in [2.05, 4.69) is 24.1 Å². The molecule has 0 aromatic heterocycles. The molecule has 1 aliphatic heterocycles. The quantitative estimate of drug-likeness (QED) is 0.636. The molecule has 108 valence electrons. The number of rotatable bonds is 9. The summed E-state index contributed by atoms with van der Waals surface area (Å²) in [5, 5.41) is 3.45. The molecule has 18 heavy (non-hydrogen) atoms. The van der Waals surface area contributed by atoms with Crippen LogP contribution in [0, 0.1) is 0 Å². The van der Waals surface area contributed by atoms with Crippen LogP contribution in [0.15, 0.2) is 0 Å². The first-order valence-electron chi connectivity index (χ1n) is 7.31. The third-order valence-electron chi connectivity index (χ3n) is 4.13. The molecule has 1 N–H and O–H groups in total. The van der Waals surface area contributed by atoms with Crippen molar-refractivity contribution in [2.24, 2.45) is 0 Å². The van der Waals surface area contributed by atoms with Gasteiger partial charge in [-0.25, -0.2) is 0 Å². The third kappa shape index (κ3) is 4.50. The second-order valence-electron chi connectivity index (χ2n) is 5.02. The first-order valence-corrected chi connectivity index (χ1v) is 7.31. The Morgan fingerprint density at radius 2 is 1.94 bits per heavy atom. The van der Waals surface area contributed by atoms with Crippen LogP contribution in [0.2, 0.25) is 0 Å². The largest absolute Gasteiger partial charge is 0.385 e. The van der Waals surface area contributed by atoms with Gasteiger partial charge in [-0.05, 0) is 32.4 Å². The van der Waals surface area contributed by atoms with Gasteiger partial charge in [-0.15, -0.1) is 0 Å². The van der Waals surface area contributed by atoms with Crippen molar-refractivity contribution in [3.63, 3.8) is 0 Å². The molecule has 0 spiro atoms. The fourth-order valence-corrected chi connectivity index (χ4v) is 2.85. The van der Waals surface area contributed by atoms with Crippen molar-refractivity contribution in [3.8, 4) is 0 Å². The molecule has 0 radical (unpaired) electrons. The van der Waals surface area contributed by atoms with Gasteiger partial charge in [0.25, 0.3) is 0 Å². The molecular formula is C14H30N2O2.